The lowest BCUT2D eigenvalue weighted by molar-refractivity contribution is 0.0953. The van der Waals surface area contributed by atoms with E-state index in [1.165, 1.54) is 6.20 Å². The molecule has 1 amide bonds. The van der Waals surface area contributed by atoms with Crippen molar-refractivity contribution >= 4 is 17.5 Å². The molecule has 0 radical (unpaired) electrons. The largest absolute Gasteiger partial charge is 0.472 e. The number of nitrogens with one attached hydrogen (secondary N) is 1. The van der Waals surface area contributed by atoms with E-state index in [4.69, 9.17) is 21.1 Å². The quantitative estimate of drug-likeness (QED) is 0.873. The second kappa shape index (κ2) is 8.13. The van der Waals surface area contributed by atoms with Crippen LogP contribution in [-0.2, 0) is 11.2 Å². The van der Waals surface area contributed by atoms with Gasteiger partial charge in [0.15, 0.2) is 0 Å². The van der Waals surface area contributed by atoms with Crippen LogP contribution in [0.3, 0.4) is 0 Å². The second-order valence-corrected chi connectivity index (χ2v) is 6.06. The molecule has 126 valence electrons. The third kappa shape index (κ3) is 4.69. The Morgan fingerprint density at radius 3 is 2.79 bits per heavy atom. The highest BCUT2D eigenvalue weighted by molar-refractivity contribution is 6.30. The van der Waals surface area contributed by atoms with E-state index in [9.17, 15) is 4.79 Å². The van der Waals surface area contributed by atoms with Gasteiger partial charge < -0.3 is 14.8 Å². The summed E-state index contributed by atoms with van der Waals surface area (Å²) in [7, 11) is 0. The van der Waals surface area contributed by atoms with Crippen LogP contribution in [0.4, 0.5) is 0 Å². The zero-order valence-corrected chi connectivity index (χ0v) is 14.0. The summed E-state index contributed by atoms with van der Waals surface area (Å²) < 4.78 is 10.9. The number of carbonyl (C=O) groups excluding carboxylic acids is 1. The van der Waals surface area contributed by atoms with Gasteiger partial charge in [-0.1, -0.05) is 23.7 Å². The van der Waals surface area contributed by atoms with Gasteiger partial charge in [0, 0.05) is 30.3 Å². The summed E-state index contributed by atoms with van der Waals surface area (Å²) in [5.74, 6) is 0.371. The Bertz CT molecular complexity index is 668. The molecule has 6 heteroatoms. The first kappa shape index (κ1) is 16.7. The first-order valence-corrected chi connectivity index (χ1v) is 8.31. The fraction of sp³-hybridized carbons (Fsp3) is 0.333. The number of hydrogen-bond acceptors (Lipinski definition) is 4. The van der Waals surface area contributed by atoms with Crippen LogP contribution in [0.2, 0.25) is 5.02 Å². The minimum absolute atomic E-state index is 0.0524. The van der Waals surface area contributed by atoms with Crippen LogP contribution in [0.15, 0.2) is 42.6 Å². The number of amides is 1. The van der Waals surface area contributed by atoms with Crippen molar-refractivity contribution < 1.29 is 14.3 Å². The molecule has 2 heterocycles. The fourth-order valence-corrected chi connectivity index (χ4v) is 2.56. The highest BCUT2D eigenvalue weighted by Gasteiger charge is 2.17. The Hall–Kier alpha value is -2.11. The van der Waals surface area contributed by atoms with Crippen LogP contribution < -0.4 is 10.1 Å². The van der Waals surface area contributed by atoms with Gasteiger partial charge in [-0.15, -0.1) is 0 Å². The summed E-state index contributed by atoms with van der Waals surface area (Å²) >= 11 is 5.85. The number of ether oxygens (including phenoxy) is 2. The van der Waals surface area contributed by atoms with Crippen LogP contribution in [-0.4, -0.2) is 36.8 Å². The van der Waals surface area contributed by atoms with Crippen LogP contribution in [0.5, 0.6) is 5.88 Å². The Balaban J connectivity index is 1.46. The van der Waals surface area contributed by atoms with Crippen LogP contribution in [0.25, 0.3) is 0 Å². The average Bonchev–Trinajstić information content (AvgIpc) is 3.10. The Morgan fingerprint density at radius 1 is 1.29 bits per heavy atom. The molecule has 0 saturated carbocycles. The molecule has 1 aliphatic rings. The fourth-order valence-electron chi connectivity index (χ4n) is 2.43. The van der Waals surface area contributed by atoms with Crippen molar-refractivity contribution in [1.82, 2.24) is 10.3 Å². The third-order valence-corrected chi connectivity index (χ3v) is 4.04. The molecular weight excluding hydrogens is 328 g/mol. The topological polar surface area (TPSA) is 60.5 Å². The molecule has 24 heavy (non-hydrogen) atoms. The standard InChI is InChI=1S/C18H19ClN2O3/c19-15-4-1-13(2-5-15)7-9-20-18(22)14-3-6-17(21-11-14)24-16-8-10-23-12-16/h1-6,11,16H,7-10,12H2,(H,20,22)/t16-/m0/s1. The Kier molecular flexibility index (Phi) is 5.67. The molecule has 5 nitrogen and oxygen atoms in total. The van der Waals surface area contributed by atoms with Gasteiger partial charge in [-0.05, 0) is 30.2 Å². The zero-order chi connectivity index (χ0) is 16.8. The normalized spacial score (nSPS) is 16.8. The molecule has 0 aliphatic carbocycles. The van der Waals surface area contributed by atoms with Crippen molar-refractivity contribution in [2.45, 2.75) is 18.9 Å². The lowest BCUT2D eigenvalue weighted by atomic mass is 10.1. The number of nitrogens with zero attached hydrogens (tertiary/aromatic N) is 1. The van der Waals surface area contributed by atoms with Crippen LogP contribution in [0.1, 0.15) is 22.3 Å². The van der Waals surface area contributed by atoms with Gasteiger partial charge in [0.25, 0.3) is 5.91 Å². The van der Waals surface area contributed by atoms with Gasteiger partial charge >= 0.3 is 0 Å². The predicted octanol–water partition coefficient (Wildman–Crippen LogP) is 2.88. The van der Waals surface area contributed by atoms with Gasteiger partial charge in [0.05, 0.1) is 18.8 Å². The number of halogens is 1. The number of benzene rings is 1. The molecule has 3 rings (SSSR count). The molecule has 1 aliphatic heterocycles. The number of pyridine rings is 1. The summed E-state index contributed by atoms with van der Waals surface area (Å²) in [5.41, 5.74) is 1.64. The predicted molar refractivity (Wildman–Crippen MR) is 91.6 cm³/mol. The Labute approximate surface area is 145 Å². The minimum atomic E-state index is -0.146. The minimum Gasteiger partial charge on any atom is -0.472 e. The van der Waals surface area contributed by atoms with Gasteiger partial charge in [-0.3, -0.25) is 4.79 Å². The van der Waals surface area contributed by atoms with Crippen molar-refractivity contribution in [2.75, 3.05) is 19.8 Å². The molecule has 0 unspecified atom stereocenters. The Morgan fingerprint density at radius 2 is 2.12 bits per heavy atom. The molecule has 1 saturated heterocycles. The molecule has 1 fully saturated rings. The maximum Gasteiger partial charge on any atom is 0.252 e. The maximum absolute atomic E-state index is 12.1. The summed E-state index contributed by atoms with van der Waals surface area (Å²) in [6.45, 7) is 1.87. The molecule has 1 aromatic heterocycles. The number of aromatic nitrogens is 1. The van der Waals surface area contributed by atoms with E-state index >= 15 is 0 Å². The monoisotopic (exact) mass is 346 g/mol. The van der Waals surface area contributed by atoms with Crippen molar-refractivity contribution in [2.24, 2.45) is 0 Å². The van der Waals surface area contributed by atoms with E-state index < -0.39 is 0 Å². The number of carbonyl (C=O) groups is 1. The van der Waals surface area contributed by atoms with Crippen molar-refractivity contribution in [3.05, 3.63) is 58.7 Å². The molecule has 1 atom stereocenters. The average molecular weight is 347 g/mol. The van der Waals surface area contributed by atoms with Crippen molar-refractivity contribution in [3.8, 4) is 5.88 Å². The smallest absolute Gasteiger partial charge is 0.252 e. The van der Waals surface area contributed by atoms with Gasteiger partial charge in [0.2, 0.25) is 5.88 Å². The van der Waals surface area contributed by atoms with Gasteiger partial charge in [-0.2, -0.15) is 0 Å². The van der Waals surface area contributed by atoms with Crippen molar-refractivity contribution in [1.29, 1.82) is 0 Å². The third-order valence-electron chi connectivity index (χ3n) is 3.79. The van der Waals surface area contributed by atoms with E-state index in [0.29, 0.717) is 29.6 Å². The summed E-state index contributed by atoms with van der Waals surface area (Å²) in [4.78, 5) is 16.3. The highest BCUT2D eigenvalue weighted by atomic mass is 35.5. The van der Waals surface area contributed by atoms with Crippen molar-refractivity contribution in [3.63, 3.8) is 0 Å². The lowest BCUT2D eigenvalue weighted by Crippen LogP contribution is -2.25. The summed E-state index contributed by atoms with van der Waals surface area (Å²) in [6.07, 6.45) is 3.20. The molecule has 0 bridgehead atoms. The van der Waals surface area contributed by atoms with E-state index in [1.807, 2.05) is 24.3 Å². The van der Waals surface area contributed by atoms with Gasteiger partial charge in [-0.25, -0.2) is 4.98 Å². The zero-order valence-electron chi connectivity index (χ0n) is 13.2. The SMILES string of the molecule is O=C(NCCc1ccc(Cl)cc1)c1ccc(O[C@H]2CCOC2)nc1. The second-order valence-electron chi connectivity index (χ2n) is 5.62. The molecular formula is C18H19ClN2O3. The number of hydrogen-bond donors (Lipinski definition) is 1. The maximum atomic E-state index is 12.1. The summed E-state index contributed by atoms with van der Waals surface area (Å²) in [6, 6.07) is 11.0. The first-order chi connectivity index (χ1) is 11.7. The van der Waals surface area contributed by atoms with Crippen LogP contribution >= 0.6 is 11.6 Å². The first-order valence-electron chi connectivity index (χ1n) is 7.94. The molecule has 1 N–H and O–H groups in total. The van der Waals surface area contributed by atoms with Crippen LogP contribution in [0, 0.1) is 0 Å². The van der Waals surface area contributed by atoms with E-state index in [1.54, 1.807) is 12.1 Å². The van der Waals surface area contributed by atoms with E-state index in [2.05, 4.69) is 10.3 Å². The lowest BCUT2D eigenvalue weighted by Gasteiger charge is -2.11. The van der Waals surface area contributed by atoms with E-state index in [0.717, 1.165) is 25.0 Å². The molecule has 2 aromatic rings. The number of rotatable bonds is 6. The summed E-state index contributed by atoms with van der Waals surface area (Å²) in [5, 5.41) is 3.59. The molecule has 1 aromatic carbocycles. The highest BCUT2D eigenvalue weighted by Crippen LogP contribution is 2.14. The van der Waals surface area contributed by atoms with Gasteiger partial charge in [0.1, 0.15) is 6.10 Å². The van der Waals surface area contributed by atoms with E-state index in [-0.39, 0.29) is 12.0 Å². The molecule has 0 spiro atoms.